The molecule has 1 fully saturated rings. The van der Waals surface area contributed by atoms with Crippen molar-refractivity contribution in [3.63, 3.8) is 0 Å². The van der Waals surface area contributed by atoms with Crippen molar-refractivity contribution in [2.24, 2.45) is 0 Å². The van der Waals surface area contributed by atoms with Gasteiger partial charge in [-0.25, -0.2) is 9.37 Å². The minimum absolute atomic E-state index is 0.207. The van der Waals surface area contributed by atoms with E-state index in [1.165, 1.54) is 12.1 Å². The Hall–Kier alpha value is -2.99. The van der Waals surface area contributed by atoms with Crippen LogP contribution < -0.4 is 10.2 Å². The summed E-state index contributed by atoms with van der Waals surface area (Å²) in [4.78, 5) is 14.2. The summed E-state index contributed by atoms with van der Waals surface area (Å²) in [6.45, 7) is 4.57. The zero-order valence-corrected chi connectivity index (χ0v) is 16.7. The first kappa shape index (κ1) is 19.3. The maximum absolute atomic E-state index is 13.1. The summed E-state index contributed by atoms with van der Waals surface area (Å²) < 4.78 is 13.1. The van der Waals surface area contributed by atoms with Gasteiger partial charge in [0.25, 0.3) is 0 Å². The van der Waals surface area contributed by atoms with E-state index in [9.17, 15) is 4.39 Å². The number of halogens is 1. The van der Waals surface area contributed by atoms with Gasteiger partial charge in [0, 0.05) is 44.4 Å². The van der Waals surface area contributed by atoms with Crippen molar-refractivity contribution in [2.45, 2.75) is 6.42 Å². The lowest BCUT2D eigenvalue weighted by Crippen LogP contribution is -2.45. The minimum atomic E-state index is -0.207. The molecule has 1 aliphatic heterocycles. The topological polar surface area (TPSA) is 44.3 Å². The molecule has 29 heavy (non-hydrogen) atoms. The molecule has 0 saturated carbocycles. The molecule has 0 amide bonds. The van der Waals surface area contributed by atoms with E-state index in [0.717, 1.165) is 67.7 Å². The molecule has 1 saturated heterocycles. The van der Waals surface area contributed by atoms with E-state index in [1.807, 2.05) is 36.4 Å². The molecule has 0 aliphatic carbocycles. The number of rotatable bonds is 6. The molecule has 3 aromatic rings. The van der Waals surface area contributed by atoms with Gasteiger partial charge in [-0.15, -0.1) is 0 Å². The van der Waals surface area contributed by atoms with Crippen molar-refractivity contribution >= 4 is 11.8 Å². The van der Waals surface area contributed by atoms with E-state index >= 15 is 0 Å². The molecule has 1 aliphatic rings. The molecule has 1 aromatic heterocycles. The van der Waals surface area contributed by atoms with Crippen LogP contribution in [-0.2, 0) is 6.42 Å². The fourth-order valence-corrected chi connectivity index (χ4v) is 3.42. The van der Waals surface area contributed by atoms with Crippen LogP contribution >= 0.6 is 0 Å². The van der Waals surface area contributed by atoms with Gasteiger partial charge < -0.3 is 15.1 Å². The number of hydrogen-bond donors (Lipinski definition) is 1. The molecular formula is C23H26FN5. The van der Waals surface area contributed by atoms with Crippen molar-refractivity contribution < 1.29 is 4.39 Å². The third kappa shape index (κ3) is 5.09. The van der Waals surface area contributed by atoms with Crippen molar-refractivity contribution in [2.75, 3.05) is 50.0 Å². The number of nitrogens with zero attached hydrogens (tertiary/aromatic N) is 4. The quantitative estimate of drug-likeness (QED) is 0.694. The zero-order valence-electron chi connectivity index (χ0n) is 16.7. The number of likely N-dealkylation sites (N-methyl/N-ethyl adjacent to an activating group) is 1. The van der Waals surface area contributed by atoms with Crippen LogP contribution in [0.15, 0.2) is 60.7 Å². The highest BCUT2D eigenvalue weighted by Gasteiger charge is 2.18. The van der Waals surface area contributed by atoms with Crippen molar-refractivity contribution in [1.82, 2.24) is 14.9 Å². The fraction of sp³-hybridized carbons (Fsp3) is 0.304. The third-order valence-electron chi connectivity index (χ3n) is 5.20. The Kier molecular flexibility index (Phi) is 6.00. The number of anilines is 2. The highest BCUT2D eigenvalue weighted by Crippen LogP contribution is 2.23. The summed E-state index contributed by atoms with van der Waals surface area (Å²) in [7, 11) is 2.14. The van der Waals surface area contributed by atoms with Crippen LogP contribution in [0.3, 0.4) is 0 Å². The smallest absolute Gasteiger partial charge is 0.227 e. The molecule has 6 heteroatoms. The summed E-state index contributed by atoms with van der Waals surface area (Å²) in [5, 5.41) is 3.42. The number of benzene rings is 2. The standard InChI is InChI=1S/C23H26FN5/c1-28-13-15-29(16-14-28)23-26-21(19-5-3-2-4-6-19)17-22(27-23)25-12-11-18-7-9-20(24)10-8-18/h2-10,17H,11-16H2,1H3,(H,25,26,27). The van der Waals surface area contributed by atoms with Crippen LogP contribution in [0.1, 0.15) is 5.56 Å². The van der Waals surface area contributed by atoms with Crippen LogP contribution in [-0.4, -0.2) is 54.6 Å². The molecule has 0 radical (unpaired) electrons. The Morgan fingerprint density at radius 3 is 2.38 bits per heavy atom. The predicted molar refractivity (Wildman–Crippen MR) is 116 cm³/mol. The van der Waals surface area contributed by atoms with Gasteiger partial charge in [-0.05, 0) is 31.2 Å². The first-order chi connectivity index (χ1) is 14.2. The van der Waals surface area contributed by atoms with Crippen molar-refractivity contribution in [3.05, 3.63) is 72.0 Å². The largest absolute Gasteiger partial charge is 0.370 e. The Morgan fingerprint density at radius 1 is 0.931 bits per heavy atom. The number of piperazine rings is 1. The van der Waals surface area contributed by atoms with Crippen LogP contribution in [0.4, 0.5) is 16.2 Å². The van der Waals surface area contributed by atoms with E-state index in [0.29, 0.717) is 0 Å². The van der Waals surface area contributed by atoms with Gasteiger partial charge in [0.1, 0.15) is 11.6 Å². The Balaban J connectivity index is 1.53. The lowest BCUT2D eigenvalue weighted by molar-refractivity contribution is 0.311. The molecule has 0 spiro atoms. The van der Waals surface area contributed by atoms with Gasteiger partial charge in [0.2, 0.25) is 5.95 Å². The zero-order chi connectivity index (χ0) is 20.1. The first-order valence-electron chi connectivity index (χ1n) is 10.0. The van der Waals surface area contributed by atoms with Gasteiger partial charge >= 0.3 is 0 Å². The van der Waals surface area contributed by atoms with Gasteiger partial charge in [-0.1, -0.05) is 42.5 Å². The number of aromatic nitrogens is 2. The SMILES string of the molecule is CN1CCN(c2nc(NCCc3ccc(F)cc3)cc(-c3ccccc3)n2)CC1. The highest BCUT2D eigenvalue weighted by atomic mass is 19.1. The van der Waals surface area contributed by atoms with Crippen LogP contribution in [0, 0.1) is 5.82 Å². The monoisotopic (exact) mass is 391 g/mol. The van der Waals surface area contributed by atoms with Crippen molar-refractivity contribution in [1.29, 1.82) is 0 Å². The molecule has 150 valence electrons. The molecule has 2 heterocycles. The Bertz CT molecular complexity index is 922. The fourth-order valence-electron chi connectivity index (χ4n) is 3.42. The molecular weight excluding hydrogens is 365 g/mol. The van der Waals surface area contributed by atoms with Crippen LogP contribution in [0.5, 0.6) is 0 Å². The summed E-state index contributed by atoms with van der Waals surface area (Å²) in [6, 6.07) is 18.8. The van der Waals surface area contributed by atoms with E-state index < -0.39 is 0 Å². The second kappa shape index (κ2) is 9.01. The summed E-state index contributed by atoms with van der Waals surface area (Å²) in [5.41, 5.74) is 3.08. The van der Waals surface area contributed by atoms with Crippen LogP contribution in [0.25, 0.3) is 11.3 Å². The molecule has 0 unspecified atom stereocenters. The molecule has 0 bridgehead atoms. The molecule has 0 atom stereocenters. The second-order valence-corrected chi connectivity index (χ2v) is 7.40. The molecule has 5 nitrogen and oxygen atoms in total. The van der Waals surface area contributed by atoms with E-state index in [4.69, 9.17) is 9.97 Å². The van der Waals surface area contributed by atoms with Gasteiger partial charge in [-0.3, -0.25) is 0 Å². The van der Waals surface area contributed by atoms with E-state index in [-0.39, 0.29) is 5.82 Å². The summed E-state index contributed by atoms with van der Waals surface area (Å²) in [6.07, 6.45) is 0.800. The average molecular weight is 391 g/mol. The third-order valence-corrected chi connectivity index (χ3v) is 5.20. The number of nitrogens with one attached hydrogen (secondary N) is 1. The maximum atomic E-state index is 13.1. The van der Waals surface area contributed by atoms with E-state index in [1.54, 1.807) is 0 Å². The Labute approximate surface area is 171 Å². The number of hydrogen-bond acceptors (Lipinski definition) is 5. The molecule has 2 aromatic carbocycles. The van der Waals surface area contributed by atoms with Gasteiger partial charge in [0.15, 0.2) is 0 Å². The summed E-state index contributed by atoms with van der Waals surface area (Å²) in [5.74, 6) is 1.38. The summed E-state index contributed by atoms with van der Waals surface area (Å²) >= 11 is 0. The first-order valence-corrected chi connectivity index (χ1v) is 10.0. The molecule has 1 N–H and O–H groups in total. The van der Waals surface area contributed by atoms with Gasteiger partial charge in [-0.2, -0.15) is 4.98 Å². The minimum Gasteiger partial charge on any atom is -0.370 e. The predicted octanol–water partition coefficient (Wildman–Crippen LogP) is 3.69. The van der Waals surface area contributed by atoms with Crippen molar-refractivity contribution in [3.8, 4) is 11.3 Å². The molecule has 4 rings (SSSR count). The van der Waals surface area contributed by atoms with Crippen LogP contribution in [0.2, 0.25) is 0 Å². The second-order valence-electron chi connectivity index (χ2n) is 7.40. The van der Waals surface area contributed by atoms with E-state index in [2.05, 4.69) is 34.3 Å². The lowest BCUT2D eigenvalue weighted by atomic mass is 10.1. The van der Waals surface area contributed by atoms with Gasteiger partial charge in [0.05, 0.1) is 5.69 Å². The average Bonchev–Trinajstić information content (AvgIpc) is 2.76. The highest BCUT2D eigenvalue weighted by molar-refractivity contribution is 5.64. The Morgan fingerprint density at radius 2 is 1.66 bits per heavy atom. The maximum Gasteiger partial charge on any atom is 0.227 e. The lowest BCUT2D eigenvalue weighted by Gasteiger charge is -2.32. The normalized spacial score (nSPS) is 14.8.